The summed E-state index contributed by atoms with van der Waals surface area (Å²) in [6.07, 6.45) is 3.11. The Labute approximate surface area is 118 Å². The number of carbonyl (C=O) groups excluding carboxylic acids is 2. The number of allylic oxidation sites excluding steroid dienone is 1. The van der Waals surface area contributed by atoms with E-state index in [1.54, 1.807) is 13.8 Å². The standard InChI is InChI=1S/C13H13BrFNO3/c1-3-5-9(13(18)19-4-2)11(17)10-6-8(14)7-16-12(10)15/h5-7H,3-4H2,1-2H3. The fraction of sp³-hybridized carbons (Fsp3) is 0.308. The van der Waals surface area contributed by atoms with Gasteiger partial charge in [0.15, 0.2) is 0 Å². The maximum atomic E-state index is 13.5. The summed E-state index contributed by atoms with van der Waals surface area (Å²) >= 11 is 3.10. The highest BCUT2D eigenvalue weighted by molar-refractivity contribution is 9.10. The Morgan fingerprint density at radius 2 is 2.16 bits per heavy atom. The van der Waals surface area contributed by atoms with Crippen LogP contribution in [0.1, 0.15) is 30.6 Å². The van der Waals surface area contributed by atoms with E-state index in [2.05, 4.69) is 20.9 Å². The minimum atomic E-state index is -0.917. The van der Waals surface area contributed by atoms with Crippen molar-refractivity contribution in [3.8, 4) is 0 Å². The van der Waals surface area contributed by atoms with E-state index in [0.29, 0.717) is 10.9 Å². The molecule has 0 unspecified atom stereocenters. The summed E-state index contributed by atoms with van der Waals surface area (Å²) in [5, 5.41) is 0. The number of hydrogen-bond acceptors (Lipinski definition) is 4. The lowest BCUT2D eigenvalue weighted by Gasteiger charge is -2.07. The van der Waals surface area contributed by atoms with Crippen molar-refractivity contribution in [1.29, 1.82) is 0 Å². The predicted octanol–water partition coefficient (Wildman–Crippen LogP) is 3.07. The number of rotatable bonds is 5. The van der Waals surface area contributed by atoms with Crippen molar-refractivity contribution in [3.05, 3.63) is 39.9 Å². The van der Waals surface area contributed by atoms with E-state index in [9.17, 15) is 14.0 Å². The normalized spacial score (nSPS) is 11.3. The quantitative estimate of drug-likeness (QED) is 0.208. The van der Waals surface area contributed by atoms with Gasteiger partial charge in [0.2, 0.25) is 11.7 Å². The van der Waals surface area contributed by atoms with Crippen LogP contribution < -0.4 is 0 Å². The van der Waals surface area contributed by atoms with Gasteiger partial charge in [-0.25, -0.2) is 9.78 Å². The first-order valence-corrected chi connectivity index (χ1v) is 6.53. The minimum Gasteiger partial charge on any atom is -0.462 e. The molecular weight excluding hydrogens is 317 g/mol. The van der Waals surface area contributed by atoms with E-state index in [4.69, 9.17) is 4.74 Å². The van der Waals surface area contributed by atoms with E-state index in [1.807, 2.05) is 0 Å². The lowest BCUT2D eigenvalue weighted by atomic mass is 10.0. The number of pyridine rings is 1. The third-order valence-corrected chi connectivity index (χ3v) is 2.63. The summed E-state index contributed by atoms with van der Waals surface area (Å²) in [5.74, 6) is -2.40. The van der Waals surface area contributed by atoms with Crippen molar-refractivity contribution in [2.24, 2.45) is 0 Å². The molecule has 19 heavy (non-hydrogen) atoms. The number of nitrogens with zero attached hydrogens (tertiary/aromatic N) is 1. The van der Waals surface area contributed by atoms with Crippen molar-refractivity contribution in [3.63, 3.8) is 0 Å². The van der Waals surface area contributed by atoms with Crippen LogP contribution in [0.25, 0.3) is 0 Å². The number of Topliss-reactive ketones (excluding diaryl/α,β-unsaturated/α-hetero) is 1. The van der Waals surface area contributed by atoms with E-state index < -0.39 is 17.7 Å². The average Bonchev–Trinajstić information content (AvgIpc) is 2.38. The van der Waals surface area contributed by atoms with Crippen LogP contribution in [0.5, 0.6) is 0 Å². The molecule has 0 amide bonds. The molecule has 0 radical (unpaired) electrons. The van der Waals surface area contributed by atoms with Gasteiger partial charge in [0.1, 0.15) is 5.57 Å². The highest BCUT2D eigenvalue weighted by Gasteiger charge is 2.24. The largest absolute Gasteiger partial charge is 0.462 e. The number of ketones is 1. The molecule has 0 bridgehead atoms. The van der Waals surface area contributed by atoms with Crippen LogP contribution >= 0.6 is 15.9 Å². The molecule has 1 rings (SSSR count). The first kappa shape index (κ1) is 15.5. The fourth-order valence-corrected chi connectivity index (χ4v) is 1.74. The third kappa shape index (κ3) is 3.96. The number of halogens is 2. The van der Waals surface area contributed by atoms with Crippen LogP contribution in [0, 0.1) is 5.95 Å². The lowest BCUT2D eigenvalue weighted by Crippen LogP contribution is -2.17. The Bertz CT molecular complexity index is 529. The zero-order valence-electron chi connectivity index (χ0n) is 10.6. The van der Waals surface area contributed by atoms with Gasteiger partial charge in [-0.05, 0) is 35.3 Å². The Balaban J connectivity index is 3.17. The second-order valence-corrected chi connectivity index (χ2v) is 4.48. The van der Waals surface area contributed by atoms with Gasteiger partial charge in [0.05, 0.1) is 12.2 Å². The van der Waals surface area contributed by atoms with Crippen molar-refractivity contribution in [2.45, 2.75) is 20.3 Å². The molecule has 0 N–H and O–H groups in total. The summed E-state index contributed by atoms with van der Waals surface area (Å²) in [5.41, 5.74) is -0.440. The summed E-state index contributed by atoms with van der Waals surface area (Å²) < 4.78 is 18.8. The highest BCUT2D eigenvalue weighted by Crippen LogP contribution is 2.17. The van der Waals surface area contributed by atoms with Gasteiger partial charge in [-0.3, -0.25) is 4.79 Å². The van der Waals surface area contributed by atoms with Gasteiger partial charge < -0.3 is 4.74 Å². The van der Waals surface area contributed by atoms with E-state index in [1.165, 1.54) is 18.3 Å². The second-order valence-electron chi connectivity index (χ2n) is 3.57. The van der Waals surface area contributed by atoms with Gasteiger partial charge in [0.25, 0.3) is 0 Å². The maximum Gasteiger partial charge on any atom is 0.341 e. The molecule has 0 aliphatic rings. The molecule has 0 spiro atoms. The van der Waals surface area contributed by atoms with Crippen molar-refractivity contribution in [1.82, 2.24) is 4.98 Å². The van der Waals surface area contributed by atoms with Gasteiger partial charge in [-0.2, -0.15) is 4.39 Å². The van der Waals surface area contributed by atoms with Crippen LogP contribution in [-0.2, 0) is 9.53 Å². The molecular formula is C13H13BrFNO3. The SMILES string of the molecule is CCC=C(C(=O)OCC)C(=O)c1cc(Br)cnc1F. The topological polar surface area (TPSA) is 56.3 Å². The van der Waals surface area contributed by atoms with E-state index >= 15 is 0 Å². The molecule has 102 valence electrons. The first-order valence-electron chi connectivity index (χ1n) is 5.74. The third-order valence-electron chi connectivity index (χ3n) is 2.20. The van der Waals surface area contributed by atoms with E-state index in [-0.39, 0.29) is 17.7 Å². The lowest BCUT2D eigenvalue weighted by molar-refractivity contribution is -0.138. The van der Waals surface area contributed by atoms with Crippen LogP contribution in [0.3, 0.4) is 0 Å². The molecule has 6 heteroatoms. The van der Waals surface area contributed by atoms with Crippen LogP contribution in [0.15, 0.2) is 28.4 Å². The molecule has 0 atom stereocenters. The summed E-state index contributed by atoms with van der Waals surface area (Å²) in [6.45, 7) is 3.54. The predicted molar refractivity (Wildman–Crippen MR) is 71.2 cm³/mol. The molecule has 1 aromatic heterocycles. The Kier molecular flexibility index (Phi) is 5.82. The summed E-state index contributed by atoms with van der Waals surface area (Å²) in [6, 6.07) is 1.29. The van der Waals surface area contributed by atoms with Crippen LogP contribution in [0.4, 0.5) is 4.39 Å². The molecule has 1 heterocycles. The monoisotopic (exact) mass is 329 g/mol. The van der Waals surface area contributed by atoms with Crippen molar-refractivity contribution < 1.29 is 18.7 Å². The molecule has 0 saturated heterocycles. The van der Waals surface area contributed by atoms with Gasteiger partial charge >= 0.3 is 5.97 Å². The van der Waals surface area contributed by atoms with Gasteiger partial charge in [0, 0.05) is 10.7 Å². The summed E-state index contributed by atoms with van der Waals surface area (Å²) in [4.78, 5) is 27.3. The zero-order chi connectivity index (χ0) is 14.4. The Morgan fingerprint density at radius 1 is 1.47 bits per heavy atom. The second kappa shape index (κ2) is 7.13. The molecule has 0 fully saturated rings. The Morgan fingerprint density at radius 3 is 2.74 bits per heavy atom. The average molecular weight is 330 g/mol. The minimum absolute atomic E-state index is 0.145. The molecule has 0 aromatic carbocycles. The first-order chi connectivity index (χ1) is 9.01. The smallest absolute Gasteiger partial charge is 0.341 e. The summed E-state index contributed by atoms with van der Waals surface area (Å²) in [7, 11) is 0. The molecule has 1 aromatic rings. The molecule has 0 saturated carbocycles. The molecule has 0 aliphatic heterocycles. The zero-order valence-corrected chi connectivity index (χ0v) is 12.2. The number of hydrogen-bond donors (Lipinski definition) is 0. The van der Waals surface area contributed by atoms with Gasteiger partial charge in [-0.15, -0.1) is 0 Å². The highest BCUT2D eigenvalue weighted by atomic mass is 79.9. The van der Waals surface area contributed by atoms with Gasteiger partial charge in [-0.1, -0.05) is 13.0 Å². The molecule has 0 aliphatic carbocycles. The number of aromatic nitrogens is 1. The number of esters is 1. The van der Waals surface area contributed by atoms with E-state index in [0.717, 1.165) is 0 Å². The number of ether oxygens (including phenoxy) is 1. The molecule has 4 nitrogen and oxygen atoms in total. The van der Waals surface area contributed by atoms with Crippen molar-refractivity contribution >= 4 is 27.7 Å². The van der Waals surface area contributed by atoms with Crippen LogP contribution in [-0.4, -0.2) is 23.3 Å². The Hall–Kier alpha value is -1.56. The maximum absolute atomic E-state index is 13.5. The van der Waals surface area contributed by atoms with Crippen molar-refractivity contribution in [2.75, 3.05) is 6.61 Å². The number of carbonyl (C=O) groups is 2. The fourth-order valence-electron chi connectivity index (χ4n) is 1.41. The van der Waals surface area contributed by atoms with Crippen LogP contribution in [0.2, 0.25) is 0 Å².